The fraction of sp³-hybridized carbons (Fsp3) is 0.500. The number of carbonyl (C=O) groups is 2. The van der Waals surface area contributed by atoms with Gasteiger partial charge in [0.25, 0.3) is 0 Å². The van der Waals surface area contributed by atoms with Crippen LogP contribution in [0, 0.1) is 5.82 Å². The molecular weight excluding hydrogens is 419 g/mol. The topological polar surface area (TPSA) is 52.6 Å². The van der Waals surface area contributed by atoms with Crippen molar-refractivity contribution in [2.75, 3.05) is 13.2 Å². The van der Waals surface area contributed by atoms with Gasteiger partial charge in [0.15, 0.2) is 0 Å². The summed E-state index contributed by atoms with van der Waals surface area (Å²) in [6.45, 7) is 2.60. The van der Waals surface area contributed by atoms with Gasteiger partial charge >= 0.3 is 11.9 Å². The van der Waals surface area contributed by atoms with Gasteiger partial charge in [-0.2, -0.15) is 0 Å². The van der Waals surface area contributed by atoms with Gasteiger partial charge in [-0.3, -0.25) is 0 Å². The minimum Gasteiger partial charge on any atom is -0.462 e. The van der Waals surface area contributed by atoms with Gasteiger partial charge in [-0.05, 0) is 30.2 Å². The van der Waals surface area contributed by atoms with Crippen molar-refractivity contribution in [3.63, 3.8) is 0 Å². The van der Waals surface area contributed by atoms with Crippen LogP contribution in [-0.4, -0.2) is 25.2 Å². The van der Waals surface area contributed by atoms with Crippen LogP contribution in [0.3, 0.4) is 0 Å². The molecule has 33 heavy (non-hydrogen) atoms. The number of hydrogen-bond donors (Lipinski definition) is 0. The molecule has 0 heterocycles. The average molecular weight is 457 g/mol. The highest BCUT2D eigenvalue weighted by Gasteiger charge is 2.19. The number of benzene rings is 2. The molecule has 0 unspecified atom stereocenters. The van der Waals surface area contributed by atoms with Crippen molar-refractivity contribution >= 4 is 11.9 Å². The molecule has 0 saturated carbocycles. The van der Waals surface area contributed by atoms with Crippen LogP contribution in [0.25, 0.3) is 0 Å². The Morgan fingerprint density at radius 1 is 0.667 bits per heavy atom. The number of hydrogen-bond acceptors (Lipinski definition) is 4. The van der Waals surface area contributed by atoms with E-state index in [9.17, 15) is 14.0 Å². The summed E-state index contributed by atoms with van der Waals surface area (Å²) in [4.78, 5) is 25.0. The van der Waals surface area contributed by atoms with Gasteiger partial charge in [0.1, 0.15) is 5.82 Å². The van der Waals surface area contributed by atoms with Gasteiger partial charge in [-0.25, -0.2) is 14.0 Å². The molecule has 4 nitrogen and oxygen atoms in total. The Morgan fingerprint density at radius 2 is 1.15 bits per heavy atom. The summed E-state index contributed by atoms with van der Waals surface area (Å²) in [5.74, 6) is -1.46. The molecule has 0 saturated heterocycles. The van der Waals surface area contributed by atoms with E-state index in [1.54, 1.807) is 42.5 Å². The third-order valence-electron chi connectivity index (χ3n) is 5.66. The maximum absolute atomic E-state index is 13.7. The lowest BCUT2D eigenvalue weighted by Crippen LogP contribution is -2.15. The molecule has 0 aliphatic carbocycles. The summed E-state index contributed by atoms with van der Waals surface area (Å²) in [5.41, 5.74) is 0.842. The Balaban J connectivity index is 1.68. The minimum atomic E-state index is -0.613. The quantitative estimate of drug-likeness (QED) is 0.196. The van der Waals surface area contributed by atoms with E-state index in [0.29, 0.717) is 12.2 Å². The van der Waals surface area contributed by atoms with Gasteiger partial charge in [0.2, 0.25) is 0 Å². The van der Waals surface area contributed by atoms with E-state index < -0.39 is 11.9 Å². The van der Waals surface area contributed by atoms with Crippen LogP contribution in [0.1, 0.15) is 97.4 Å². The first-order valence-corrected chi connectivity index (χ1v) is 12.3. The predicted molar refractivity (Wildman–Crippen MR) is 129 cm³/mol. The van der Waals surface area contributed by atoms with Crippen molar-refractivity contribution in [1.82, 2.24) is 0 Å². The monoisotopic (exact) mass is 456 g/mol. The van der Waals surface area contributed by atoms with Gasteiger partial charge < -0.3 is 9.47 Å². The molecule has 2 aromatic carbocycles. The van der Waals surface area contributed by atoms with Crippen molar-refractivity contribution in [3.05, 3.63) is 71.0 Å². The summed E-state index contributed by atoms with van der Waals surface area (Å²) < 4.78 is 24.4. The van der Waals surface area contributed by atoms with Crippen LogP contribution in [0.5, 0.6) is 0 Å². The lowest BCUT2D eigenvalue weighted by atomic mass is 10.1. The standard InChI is InChI=1S/C28H37FO4/c1-2-3-4-5-6-7-8-9-10-15-21-32-27(30)24-17-12-13-18-25(24)28(31)33-22-20-23-16-11-14-19-26(23)29/h11-14,16-19H,2-10,15,20-22H2,1H3. The van der Waals surface area contributed by atoms with Gasteiger partial charge in [-0.15, -0.1) is 0 Å². The lowest BCUT2D eigenvalue weighted by molar-refractivity contribution is 0.0455. The van der Waals surface area contributed by atoms with Crippen molar-refractivity contribution in [2.45, 2.75) is 77.6 Å². The van der Waals surface area contributed by atoms with E-state index in [-0.39, 0.29) is 30.0 Å². The second kappa shape index (κ2) is 16.0. The number of halogens is 1. The molecule has 0 bridgehead atoms. The highest BCUT2D eigenvalue weighted by atomic mass is 19.1. The number of rotatable bonds is 16. The number of esters is 2. The molecule has 0 aliphatic heterocycles. The average Bonchev–Trinajstić information content (AvgIpc) is 2.83. The number of unbranched alkanes of at least 4 members (excludes halogenated alkanes) is 9. The molecule has 180 valence electrons. The zero-order valence-electron chi connectivity index (χ0n) is 19.8. The zero-order chi connectivity index (χ0) is 23.7. The summed E-state index contributed by atoms with van der Waals surface area (Å²) in [7, 11) is 0. The van der Waals surface area contributed by atoms with Crippen molar-refractivity contribution < 1.29 is 23.5 Å². The van der Waals surface area contributed by atoms with Crippen molar-refractivity contribution in [3.8, 4) is 0 Å². The van der Waals surface area contributed by atoms with Crippen LogP contribution in [-0.2, 0) is 15.9 Å². The molecule has 0 atom stereocenters. The minimum absolute atomic E-state index is 0.0295. The first-order chi connectivity index (χ1) is 16.1. The SMILES string of the molecule is CCCCCCCCCCCCOC(=O)c1ccccc1C(=O)OCCc1ccccc1F. The highest BCUT2D eigenvalue weighted by Crippen LogP contribution is 2.14. The van der Waals surface area contributed by atoms with E-state index in [1.807, 2.05) is 0 Å². The third-order valence-corrected chi connectivity index (χ3v) is 5.66. The molecule has 5 heteroatoms. The maximum Gasteiger partial charge on any atom is 0.339 e. The smallest absolute Gasteiger partial charge is 0.339 e. The molecule has 0 fully saturated rings. The van der Waals surface area contributed by atoms with Gasteiger partial charge in [0.05, 0.1) is 24.3 Å². The highest BCUT2D eigenvalue weighted by molar-refractivity contribution is 6.03. The Labute approximate surface area is 197 Å². The Kier molecular flexibility index (Phi) is 12.9. The first-order valence-electron chi connectivity index (χ1n) is 12.3. The van der Waals surface area contributed by atoms with E-state index in [2.05, 4.69) is 6.92 Å². The summed E-state index contributed by atoms with van der Waals surface area (Å²) in [6.07, 6.45) is 12.3. The fourth-order valence-corrected chi connectivity index (χ4v) is 3.70. The second-order valence-corrected chi connectivity index (χ2v) is 8.34. The second-order valence-electron chi connectivity index (χ2n) is 8.34. The Hall–Kier alpha value is -2.69. The first kappa shape index (κ1) is 26.6. The molecule has 0 spiro atoms. The van der Waals surface area contributed by atoms with Crippen LogP contribution in [0.15, 0.2) is 48.5 Å². The van der Waals surface area contributed by atoms with Crippen LogP contribution >= 0.6 is 0 Å². The Morgan fingerprint density at radius 3 is 1.73 bits per heavy atom. The molecule has 0 aromatic heterocycles. The molecular formula is C28H37FO4. The van der Waals surface area contributed by atoms with Crippen molar-refractivity contribution in [1.29, 1.82) is 0 Å². The number of ether oxygens (including phenoxy) is 2. The lowest BCUT2D eigenvalue weighted by Gasteiger charge is -2.10. The van der Waals surface area contributed by atoms with Crippen LogP contribution in [0.4, 0.5) is 4.39 Å². The third kappa shape index (κ3) is 10.2. The molecule has 2 aromatic rings. The predicted octanol–water partition coefficient (Wildman–Crippen LogP) is 7.30. The normalized spacial score (nSPS) is 10.7. The Bertz CT molecular complexity index is 849. The summed E-state index contributed by atoms with van der Waals surface area (Å²) >= 11 is 0. The van der Waals surface area contributed by atoms with Gasteiger partial charge in [-0.1, -0.05) is 95.0 Å². The maximum atomic E-state index is 13.7. The molecule has 0 aliphatic rings. The fourth-order valence-electron chi connectivity index (χ4n) is 3.70. The van der Waals surface area contributed by atoms with Crippen molar-refractivity contribution in [2.24, 2.45) is 0 Å². The zero-order valence-corrected chi connectivity index (χ0v) is 19.8. The molecule has 0 N–H and O–H groups in total. The van der Waals surface area contributed by atoms with Gasteiger partial charge in [0, 0.05) is 6.42 Å². The largest absolute Gasteiger partial charge is 0.462 e. The molecule has 0 amide bonds. The summed E-state index contributed by atoms with van der Waals surface area (Å²) in [5, 5.41) is 0. The number of carbonyl (C=O) groups excluding carboxylic acids is 2. The van der Waals surface area contributed by atoms with E-state index in [1.165, 1.54) is 51.0 Å². The van der Waals surface area contributed by atoms with E-state index in [4.69, 9.17) is 9.47 Å². The molecule has 2 rings (SSSR count). The summed E-state index contributed by atoms with van der Waals surface area (Å²) in [6, 6.07) is 12.8. The molecule has 0 radical (unpaired) electrons. The van der Waals surface area contributed by atoms with E-state index >= 15 is 0 Å². The van der Waals surface area contributed by atoms with E-state index in [0.717, 1.165) is 19.3 Å². The van der Waals surface area contributed by atoms with Crippen LogP contribution in [0.2, 0.25) is 0 Å². The van der Waals surface area contributed by atoms with Crippen LogP contribution < -0.4 is 0 Å².